The molecule has 0 saturated carbocycles. The minimum atomic E-state index is -0.211. The minimum absolute atomic E-state index is 0.211. The molecule has 0 unspecified atom stereocenters. The number of hydrogen-bond acceptors (Lipinski definition) is 3. The molecule has 0 fully saturated rings. The summed E-state index contributed by atoms with van der Waals surface area (Å²) in [5.41, 5.74) is 3.15. The molecule has 3 rings (SSSR count). The minimum Gasteiger partial charge on any atom is -0.493 e. The standard InChI is InChI=1S/C17H15NO3/c1-20-15-9-5-8-13(16(15)21-2)14-10-11-6-3-4-7-12(11)17(19)18-14/h3-9H,10H2,1-2H3. The van der Waals surface area contributed by atoms with E-state index >= 15 is 0 Å². The maximum absolute atomic E-state index is 12.2. The Kier molecular flexibility index (Phi) is 3.44. The van der Waals surface area contributed by atoms with Crippen molar-refractivity contribution < 1.29 is 14.3 Å². The number of carbonyl (C=O) groups excluding carboxylic acids is 1. The molecule has 1 heterocycles. The third kappa shape index (κ3) is 2.29. The molecular weight excluding hydrogens is 266 g/mol. The topological polar surface area (TPSA) is 47.9 Å². The van der Waals surface area contributed by atoms with Crippen LogP contribution in [0, 0.1) is 0 Å². The molecule has 106 valence electrons. The van der Waals surface area contributed by atoms with Gasteiger partial charge in [0.15, 0.2) is 11.5 Å². The third-order valence-electron chi connectivity index (χ3n) is 3.56. The summed E-state index contributed by atoms with van der Waals surface area (Å²) in [7, 11) is 3.17. The lowest BCUT2D eigenvalue weighted by atomic mass is 9.94. The zero-order valence-electron chi connectivity index (χ0n) is 11.9. The first kappa shape index (κ1) is 13.4. The highest BCUT2D eigenvalue weighted by atomic mass is 16.5. The summed E-state index contributed by atoms with van der Waals surface area (Å²) in [4.78, 5) is 16.4. The fourth-order valence-electron chi connectivity index (χ4n) is 2.56. The number of nitrogens with zero attached hydrogens (tertiary/aromatic N) is 1. The summed E-state index contributed by atoms with van der Waals surface area (Å²) < 4.78 is 10.7. The molecule has 0 bridgehead atoms. The molecule has 1 aliphatic heterocycles. The number of aliphatic imine (C=N–C) groups is 1. The molecule has 0 atom stereocenters. The Morgan fingerprint density at radius 2 is 1.71 bits per heavy atom. The Morgan fingerprint density at radius 3 is 2.48 bits per heavy atom. The molecule has 0 radical (unpaired) electrons. The largest absolute Gasteiger partial charge is 0.493 e. The van der Waals surface area contributed by atoms with Crippen LogP contribution in [0.1, 0.15) is 21.5 Å². The normalized spacial score (nSPS) is 13.4. The number of rotatable bonds is 3. The van der Waals surface area contributed by atoms with Crippen LogP contribution in [-0.4, -0.2) is 25.8 Å². The molecule has 1 amide bonds. The van der Waals surface area contributed by atoms with Crippen molar-refractivity contribution in [3.05, 3.63) is 59.2 Å². The highest BCUT2D eigenvalue weighted by Gasteiger charge is 2.23. The van der Waals surface area contributed by atoms with Crippen molar-refractivity contribution >= 4 is 11.6 Å². The molecule has 0 N–H and O–H groups in total. The van der Waals surface area contributed by atoms with Crippen molar-refractivity contribution in [2.45, 2.75) is 6.42 Å². The van der Waals surface area contributed by atoms with Crippen LogP contribution >= 0.6 is 0 Å². The fourth-order valence-corrected chi connectivity index (χ4v) is 2.56. The van der Waals surface area contributed by atoms with Gasteiger partial charge in [0.05, 0.1) is 19.9 Å². The van der Waals surface area contributed by atoms with E-state index in [1.807, 2.05) is 36.4 Å². The van der Waals surface area contributed by atoms with Crippen LogP contribution in [0.3, 0.4) is 0 Å². The van der Waals surface area contributed by atoms with Gasteiger partial charge in [0.25, 0.3) is 5.91 Å². The molecular formula is C17H15NO3. The van der Waals surface area contributed by atoms with Gasteiger partial charge in [-0.05, 0) is 23.8 Å². The zero-order valence-corrected chi connectivity index (χ0v) is 11.9. The van der Waals surface area contributed by atoms with E-state index in [1.54, 1.807) is 20.3 Å². The van der Waals surface area contributed by atoms with Gasteiger partial charge in [0.1, 0.15) is 0 Å². The van der Waals surface area contributed by atoms with Gasteiger partial charge in [-0.1, -0.05) is 24.3 Å². The molecule has 0 spiro atoms. The maximum Gasteiger partial charge on any atom is 0.277 e. The van der Waals surface area contributed by atoms with Crippen molar-refractivity contribution in [3.8, 4) is 11.5 Å². The molecule has 21 heavy (non-hydrogen) atoms. The van der Waals surface area contributed by atoms with Gasteiger partial charge in [-0.3, -0.25) is 4.79 Å². The SMILES string of the molecule is COc1cccc(C2=NC(=O)c3ccccc3C2)c1OC. The average molecular weight is 281 g/mol. The number of hydrogen-bond donors (Lipinski definition) is 0. The van der Waals surface area contributed by atoms with Crippen molar-refractivity contribution in [1.29, 1.82) is 0 Å². The number of benzene rings is 2. The van der Waals surface area contributed by atoms with Gasteiger partial charge in [0.2, 0.25) is 0 Å². The first-order valence-electron chi connectivity index (χ1n) is 6.65. The van der Waals surface area contributed by atoms with Gasteiger partial charge < -0.3 is 9.47 Å². The van der Waals surface area contributed by atoms with Crippen LogP contribution < -0.4 is 9.47 Å². The summed E-state index contributed by atoms with van der Waals surface area (Å²) in [5.74, 6) is 1.02. The second kappa shape index (κ2) is 5.40. The Morgan fingerprint density at radius 1 is 0.952 bits per heavy atom. The second-order valence-corrected chi connectivity index (χ2v) is 4.74. The number of carbonyl (C=O) groups is 1. The Bertz CT molecular complexity index is 735. The molecule has 2 aromatic carbocycles. The molecule has 4 nitrogen and oxygen atoms in total. The third-order valence-corrected chi connectivity index (χ3v) is 3.56. The smallest absolute Gasteiger partial charge is 0.277 e. The number of fused-ring (bicyclic) bond motifs is 1. The Balaban J connectivity index is 2.09. The predicted molar refractivity (Wildman–Crippen MR) is 80.6 cm³/mol. The van der Waals surface area contributed by atoms with Gasteiger partial charge >= 0.3 is 0 Å². The quantitative estimate of drug-likeness (QED) is 0.869. The molecule has 2 aromatic rings. The average Bonchev–Trinajstić information content (AvgIpc) is 2.54. The van der Waals surface area contributed by atoms with Crippen LogP contribution in [0.4, 0.5) is 0 Å². The van der Waals surface area contributed by atoms with Crippen LogP contribution in [0.25, 0.3) is 0 Å². The number of methoxy groups -OCH3 is 2. The molecule has 0 saturated heterocycles. The van der Waals surface area contributed by atoms with Crippen LogP contribution in [-0.2, 0) is 6.42 Å². The second-order valence-electron chi connectivity index (χ2n) is 4.74. The first-order chi connectivity index (χ1) is 10.2. The lowest BCUT2D eigenvalue weighted by Crippen LogP contribution is -2.18. The van der Waals surface area contributed by atoms with E-state index in [1.165, 1.54) is 0 Å². The van der Waals surface area contributed by atoms with Crippen molar-refractivity contribution in [1.82, 2.24) is 0 Å². The van der Waals surface area contributed by atoms with E-state index in [0.717, 1.165) is 11.1 Å². The van der Waals surface area contributed by atoms with Crippen molar-refractivity contribution in [2.75, 3.05) is 14.2 Å². The molecule has 0 aromatic heterocycles. The number of amides is 1. The van der Waals surface area contributed by atoms with E-state index in [2.05, 4.69) is 4.99 Å². The van der Waals surface area contributed by atoms with Crippen LogP contribution in [0.15, 0.2) is 47.5 Å². The molecule has 4 heteroatoms. The fraction of sp³-hybridized carbons (Fsp3) is 0.176. The summed E-state index contributed by atoms with van der Waals surface area (Å²) >= 11 is 0. The van der Waals surface area contributed by atoms with E-state index in [9.17, 15) is 4.79 Å². The summed E-state index contributed by atoms with van der Waals surface area (Å²) in [6, 6.07) is 13.1. The van der Waals surface area contributed by atoms with E-state index < -0.39 is 0 Å². The van der Waals surface area contributed by atoms with Gasteiger partial charge in [0, 0.05) is 17.5 Å². The molecule has 0 aliphatic carbocycles. The number of para-hydroxylation sites is 1. The Hall–Kier alpha value is -2.62. The van der Waals surface area contributed by atoms with Crippen molar-refractivity contribution in [2.24, 2.45) is 4.99 Å². The van der Waals surface area contributed by atoms with E-state index in [0.29, 0.717) is 29.2 Å². The summed E-state index contributed by atoms with van der Waals surface area (Å²) in [6.45, 7) is 0. The van der Waals surface area contributed by atoms with Gasteiger partial charge in [-0.25, -0.2) is 4.99 Å². The number of ether oxygens (including phenoxy) is 2. The van der Waals surface area contributed by atoms with Crippen molar-refractivity contribution in [3.63, 3.8) is 0 Å². The monoisotopic (exact) mass is 281 g/mol. The first-order valence-corrected chi connectivity index (χ1v) is 6.65. The van der Waals surface area contributed by atoms with Gasteiger partial charge in [-0.2, -0.15) is 0 Å². The lowest BCUT2D eigenvalue weighted by Gasteiger charge is -2.18. The summed E-state index contributed by atoms with van der Waals surface area (Å²) in [6.07, 6.45) is 0.603. The predicted octanol–water partition coefficient (Wildman–Crippen LogP) is 2.89. The maximum atomic E-state index is 12.2. The highest BCUT2D eigenvalue weighted by molar-refractivity contribution is 6.16. The van der Waals surface area contributed by atoms with Crippen LogP contribution in [0.5, 0.6) is 11.5 Å². The Labute approximate surface area is 123 Å². The van der Waals surface area contributed by atoms with E-state index in [-0.39, 0.29) is 5.91 Å². The zero-order chi connectivity index (χ0) is 14.8. The molecule has 1 aliphatic rings. The summed E-state index contributed by atoms with van der Waals surface area (Å²) in [5, 5.41) is 0. The lowest BCUT2D eigenvalue weighted by molar-refractivity contribution is 0.1000. The van der Waals surface area contributed by atoms with Crippen LogP contribution in [0.2, 0.25) is 0 Å². The van der Waals surface area contributed by atoms with Gasteiger partial charge in [-0.15, -0.1) is 0 Å². The van der Waals surface area contributed by atoms with E-state index in [4.69, 9.17) is 9.47 Å². The highest BCUT2D eigenvalue weighted by Crippen LogP contribution is 2.33.